The van der Waals surface area contributed by atoms with Crippen molar-refractivity contribution >= 4 is 27.3 Å². The second-order valence-electron chi connectivity index (χ2n) is 8.62. The van der Waals surface area contributed by atoms with Crippen molar-refractivity contribution in [3.05, 3.63) is 18.2 Å². The first-order valence-corrected chi connectivity index (χ1v) is 12.5. The summed E-state index contributed by atoms with van der Waals surface area (Å²) >= 11 is 0. The SMILES string of the molecule is CC[C@H](C)NS(=O)(=O)c1cc(NC(=O)C2CCCC2)ccc1N1CCCC[C@@H]1C. The summed E-state index contributed by atoms with van der Waals surface area (Å²) in [6.45, 7) is 6.82. The molecular weight excluding hydrogens is 386 g/mol. The quantitative estimate of drug-likeness (QED) is 0.689. The summed E-state index contributed by atoms with van der Waals surface area (Å²) in [5.74, 6) is 0.0370. The summed E-state index contributed by atoms with van der Waals surface area (Å²) in [7, 11) is -3.70. The van der Waals surface area contributed by atoms with E-state index < -0.39 is 10.0 Å². The molecule has 0 aromatic heterocycles. The van der Waals surface area contributed by atoms with E-state index in [1.807, 2.05) is 26.0 Å². The first-order chi connectivity index (χ1) is 13.8. The number of sulfonamides is 1. The summed E-state index contributed by atoms with van der Waals surface area (Å²) in [6.07, 6.45) is 7.99. The fraction of sp³-hybridized carbons (Fsp3) is 0.682. The third kappa shape index (κ3) is 5.31. The Kier molecular flexibility index (Phi) is 7.22. The number of carbonyl (C=O) groups is 1. The second kappa shape index (κ2) is 9.47. The molecule has 2 atom stereocenters. The van der Waals surface area contributed by atoms with Gasteiger partial charge in [0.2, 0.25) is 15.9 Å². The smallest absolute Gasteiger partial charge is 0.242 e. The molecule has 1 aliphatic carbocycles. The molecule has 1 aromatic rings. The highest BCUT2D eigenvalue weighted by atomic mass is 32.2. The lowest BCUT2D eigenvalue weighted by Crippen LogP contribution is -2.39. The summed E-state index contributed by atoms with van der Waals surface area (Å²) in [5.41, 5.74) is 1.28. The molecule has 0 unspecified atom stereocenters. The standard InChI is InChI=1S/C22H35N3O3S/c1-4-16(2)24-29(27,28)21-15-19(23-22(26)18-10-5-6-11-18)12-13-20(21)25-14-8-7-9-17(25)3/h12-13,15-18,24H,4-11,14H2,1-3H3,(H,23,26)/t16-,17-/m0/s1. The minimum Gasteiger partial charge on any atom is -0.368 e. The van der Waals surface area contributed by atoms with Gasteiger partial charge in [0, 0.05) is 30.2 Å². The second-order valence-corrected chi connectivity index (χ2v) is 10.3. The fourth-order valence-electron chi connectivity index (χ4n) is 4.34. The number of rotatable bonds is 7. The number of benzene rings is 1. The maximum absolute atomic E-state index is 13.2. The molecule has 2 aliphatic rings. The van der Waals surface area contributed by atoms with E-state index in [4.69, 9.17) is 0 Å². The number of nitrogens with zero attached hydrogens (tertiary/aromatic N) is 1. The molecule has 162 valence electrons. The van der Waals surface area contributed by atoms with Gasteiger partial charge in [0.05, 0.1) is 5.69 Å². The highest BCUT2D eigenvalue weighted by molar-refractivity contribution is 7.89. The predicted molar refractivity (Wildman–Crippen MR) is 118 cm³/mol. The molecule has 1 aliphatic heterocycles. The number of anilines is 2. The number of hydrogen-bond acceptors (Lipinski definition) is 4. The van der Waals surface area contributed by atoms with E-state index in [0.29, 0.717) is 18.2 Å². The normalized spacial score (nSPS) is 21.9. The molecule has 7 heteroatoms. The summed E-state index contributed by atoms with van der Waals surface area (Å²) in [5, 5.41) is 2.96. The molecule has 2 N–H and O–H groups in total. The van der Waals surface area contributed by atoms with Gasteiger partial charge in [0.1, 0.15) is 4.90 Å². The maximum Gasteiger partial charge on any atom is 0.242 e. The van der Waals surface area contributed by atoms with Crippen LogP contribution in [0.2, 0.25) is 0 Å². The number of piperidine rings is 1. The first kappa shape index (κ1) is 22.1. The Balaban J connectivity index is 1.94. The van der Waals surface area contributed by atoms with E-state index in [0.717, 1.165) is 50.8 Å². The van der Waals surface area contributed by atoms with Crippen molar-refractivity contribution in [1.29, 1.82) is 0 Å². The van der Waals surface area contributed by atoms with Crippen molar-refractivity contribution in [2.24, 2.45) is 5.92 Å². The summed E-state index contributed by atoms with van der Waals surface area (Å²) < 4.78 is 29.2. The third-order valence-corrected chi connectivity index (χ3v) is 7.94. The lowest BCUT2D eigenvalue weighted by atomic mass is 10.0. The zero-order valence-electron chi connectivity index (χ0n) is 17.9. The largest absolute Gasteiger partial charge is 0.368 e. The lowest BCUT2D eigenvalue weighted by Gasteiger charge is -2.36. The van der Waals surface area contributed by atoms with Crippen molar-refractivity contribution in [2.45, 2.75) is 89.1 Å². The van der Waals surface area contributed by atoms with Crippen LogP contribution in [0.15, 0.2) is 23.1 Å². The molecule has 1 saturated heterocycles. The molecule has 6 nitrogen and oxygen atoms in total. The van der Waals surface area contributed by atoms with Crippen molar-refractivity contribution in [2.75, 3.05) is 16.8 Å². The first-order valence-electron chi connectivity index (χ1n) is 11.1. The van der Waals surface area contributed by atoms with E-state index in [-0.39, 0.29) is 22.8 Å². The Morgan fingerprint density at radius 2 is 1.86 bits per heavy atom. The minimum atomic E-state index is -3.70. The van der Waals surface area contributed by atoms with Gasteiger partial charge >= 0.3 is 0 Å². The lowest BCUT2D eigenvalue weighted by molar-refractivity contribution is -0.119. The Hall–Kier alpha value is -1.60. The highest BCUT2D eigenvalue weighted by Gasteiger charge is 2.28. The molecule has 0 radical (unpaired) electrons. The number of carbonyl (C=O) groups excluding carboxylic acids is 1. The van der Waals surface area contributed by atoms with Crippen molar-refractivity contribution in [3.8, 4) is 0 Å². The maximum atomic E-state index is 13.2. The molecular formula is C22H35N3O3S. The number of amides is 1. The van der Waals surface area contributed by atoms with Crippen molar-refractivity contribution < 1.29 is 13.2 Å². The van der Waals surface area contributed by atoms with E-state index in [1.54, 1.807) is 6.07 Å². The zero-order chi connectivity index (χ0) is 21.0. The molecule has 29 heavy (non-hydrogen) atoms. The van der Waals surface area contributed by atoms with Crippen LogP contribution in [0.5, 0.6) is 0 Å². The molecule has 0 bridgehead atoms. The monoisotopic (exact) mass is 421 g/mol. The van der Waals surface area contributed by atoms with E-state index >= 15 is 0 Å². The van der Waals surface area contributed by atoms with E-state index in [9.17, 15) is 13.2 Å². The average Bonchev–Trinajstić information content (AvgIpc) is 3.23. The van der Waals surface area contributed by atoms with Crippen LogP contribution >= 0.6 is 0 Å². The molecule has 2 fully saturated rings. The van der Waals surface area contributed by atoms with Gasteiger partial charge in [-0.05, 0) is 70.6 Å². The van der Waals surface area contributed by atoms with Crippen LogP contribution in [-0.2, 0) is 14.8 Å². The topological polar surface area (TPSA) is 78.5 Å². The Bertz CT molecular complexity index is 819. The zero-order valence-corrected chi connectivity index (χ0v) is 18.7. The Labute approximate surface area is 175 Å². The molecule has 1 heterocycles. The van der Waals surface area contributed by atoms with Crippen LogP contribution in [0.3, 0.4) is 0 Å². The number of hydrogen-bond donors (Lipinski definition) is 2. The Morgan fingerprint density at radius 1 is 1.17 bits per heavy atom. The van der Waals surface area contributed by atoms with Crippen LogP contribution in [0, 0.1) is 5.92 Å². The van der Waals surface area contributed by atoms with Gasteiger partial charge in [-0.2, -0.15) is 0 Å². The van der Waals surface area contributed by atoms with Gasteiger partial charge in [-0.3, -0.25) is 4.79 Å². The minimum absolute atomic E-state index is 0.000163. The van der Waals surface area contributed by atoms with Crippen LogP contribution in [-0.4, -0.2) is 33.0 Å². The number of nitrogens with one attached hydrogen (secondary N) is 2. The van der Waals surface area contributed by atoms with Gasteiger partial charge in [-0.1, -0.05) is 19.8 Å². The van der Waals surface area contributed by atoms with Crippen LogP contribution in [0.1, 0.15) is 72.1 Å². The van der Waals surface area contributed by atoms with Crippen molar-refractivity contribution in [1.82, 2.24) is 4.72 Å². The van der Waals surface area contributed by atoms with E-state index in [1.165, 1.54) is 6.42 Å². The Morgan fingerprint density at radius 3 is 2.52 bits per heavy atom. The van der Waals surface area contributed by atoms with Gasteiger partial charge < -0.3 is 10.2 Å². The van der Waals surface area contributed by atoms with Crippen LogP contribution in [0.25, 0.3) is 0 Å². The molecule has 0 spiro atoms. The molecule has 3 rings (SSSR count). The fourth-order valence-corrected chi connectivity index (χ4v) is 5.91. The third-order valence-electron chi connectivity index (χ3n) is 6.32. The van der Waals surface area contributed by atoms with Gasteiger partial charge in [0.25, 0.3) is 0 Å². The highest BCUT2D eigenvalue weighted by Crippen LogP contribution is 2.34. The predicted octanol–water partition coefficient (Wildman–Crippen LogP) is 4.27. The van der Waals surface area contributed by atoms with Gasteiger partial charge in [0.15, 0.2) is 0 Å². The average molecular weight is 422 g/mol. The van der Waals surface area contributed by atoms with Crippen molar-refractivity contribution in [3.63, 3.8) is 0 Å². The van der Waals surface area contributed by atoms with Gasteiger partial charge in [-0.15, -0.1) is 0 Å². The summed E-state index contributed by atoms with van der Waals surface area (Å²) in [6, 6.07) is 5.47. The van der Waals surface area contributed by atoms with Crippen LogP contribution < -0.4 is 14.9 Å². The molecule has 1 aromatic carbocycles. The molecule has 1 saturated carbocycles. The van der Waals surface area contributed by atoms with E-state index in [2.05, 4.69) is 21.9 Å². The molecule has 1 amide bonds. The van der Waals surface area contributed by atoms with Crippen LogP contribution in [0.4, 0.5) is 11.4 Å². The van der Waals surface area contributed by atoms with Gasteiger partial charge in [-0.25, -0.2) is 13.1 Å². The summed E-state index contributed by atoms with van der Waals surface area (Å²) in [4.78, 5) is 15.0.